The van der Waals surface area contributed by atoms with E-state index in [0.717, 1.165) is 19.3 Å². The van der Waals surface area contributed by atoms with Gasteiger partial charge < -0.3 is 9.22 Å². The summed E-state index contributed by atoms with van der Waals surface area (Å²) in [5.41, 5.74) is 1.53. The van der Waals surface area contributed by atoms with E-state index in [2.05, 4.69) is 75.4 Å². The average molecular weight is 394 g/mol. The van der Waals surface area contributed by atoms with E-state index >= 15 is 0 Å². The molecule has 0 amide bonds. The van der Waals surface area contributed by atoms with Gasteiger partial charge in [0.2, 0.25) is 0 Å². The van der Waals surface area contributed by atoms with E-state index in [4.69, 9.17) is 4.43 Å². The van der Waals surface area contributed by atoms with Crippen molar-refractivity contribution < 1.29 is 9.22 Å². The van der Waals surface area contributed by atoms with Crippen LogP contribution in [0.15, 0.2) is 54.6 Å². The molecule has 0 saturated heterocycles. The number of carbonyl (C=O) groups excluding carboxylic acids is 1. The largest absolute Gasteiger partial charge is 0.407 e. The minimum atomic E-state index is -1.24. The van der Waals surface area contributed by atoms with Crippen LogP contribution in [-0.4, -0.2) is 21.9 Å². The third kappa shape index (κ3) is 5.65. The molecule has 28 heavy (non-hydrogen) atoms. The Morgan fingerprint density at radius 3 is 2.04 bits per heavy atom. The molecule has 1 fully saturated rings. The van der Waals surface area contributed by atoms with E-state index in [9.17, 15) is 4.79 Å². The van der Waals surface area contributed by atoms with Gasteiger partial charge in [0.15, 0.2) is 0 Å². The van der Waals surface area contributed by atoms with Crippen LogP contribution in [-0.2, 0) is 14.6 Å². The van der Waals surface area contributed by atoms with Crippen molar-refractivity contribution in [1.29, 1.82) is 0 Å². The van der Waals surface area contributed by atoms with Gasteiger partial charge in [-0.25, -0.2) is 0 Å². The molecule has 1 radical (unpaired) electrons. The van der Waals surface area contributed by atoms with E-state index in [0.29, 0.717) is 11.8 Å². The predicted molar refractivity (Wildman–Crippen MR) is 119 cm³/mol. The first-order valence-electron chi connectivity index (χ1n) is 10.6. The van der Waals surface area contributed by atoms with Crippen molar-refractivity contribution >= 4 is 25.7 Å². The van der Waals surface area contributed by atoms with Crippen LogP contribution in [0.5, 0.6) is 0 Å². The molecule has 2 aromatic rings. The Hall–Kier alpha value is -1.71. The van der Waals surface area contributed by atoms with Crippen LogP contribution < -0.4 is 10.4 Å². The summed E-state index contributed by atoms with van der Waals surface area (Å²) in [7, 11) is -1.24. The summed E-state index contributed by atoms with van der Waals surface area (Å²) in [6, 6.07) is 19.7. The quantitative estimate of drug-likeness (QED) is 0.511. The second kappa shape index (κ2) is 9.66. The number of rotatable bonds is 7. The van der Waals surface area contributed by atoms with Crippen molar-refractivity contribution in [1.82, 2.24) is 0 Å². The highest BCUT2D eigenvalue weighted by atomic mass is 28.3. The molecular formula is C25H33O2Si. The molecule has 0 atom stereocenters. The molecule has 0 spiro atoms. The molecule has 3 heteroatoms. The molecule has 0 heterocycles. The van der Waals surface area contributed by atoms with Gasteiger partial charge >= 0.3 is 0 Å². The van der Waals surface area contributed by atoms with E-state index in [-0.39, 0.29) is 5.41 Å². The minimum absolute atomic E-state index is 0.166. The highest BCUT2D eigenvalue weighted by Crippen LogP contribution is 2.30. The van der Waals surface area contributed by atoms with Crippen molar-refractivity contribution in [3.05, 3.63) is 60.2 Å². The first kappa shape index (κ1) is 21.0. The summed E-state index contributed by atoms with van der Waals surface area (Å²) >= 11 is 0. The average Bonchev–Trinajstić information content (AvgIpc) is 2.70. The van der Waals surface area contributed by atoms with Crippen LogP contribution >= 0.6 is 0 Å². The Labute approximate surface area is 172 Å². The molecular weight excluding hydrogens is 360 g/mol. The molecule has 0 bridgehead atoms. The van der Waals surface area contributed by atoms with Crippen LogP contribution in [0.1, 0.15) is 58.4 Å². The lowest BCUT2D eigenvalue weighted by atomic mass is 9.81. The Balaban J connectivity index is 1.69. The number of hydrogen-bond donors (Lipinski definition) is 0. The fraction of sp³-hybridized carbons (Fsp3) is 0.480. The maximum atomic E-state index is 10.7. The molecule has 0 N–H and O–H groups in total. The van der Waals surface area contributed by atoms with Gasteiger partial charge in [0, 0.05) is 13.0 Å². The monoisotopic (exact) mass is 393 g/mol. The number of carbonyl (C=O) groups is 1. The number of benzene rings is 2. The summed E-state index contributed by atoms with van der Waals surface area (Å²) in [5, 5.41) is 2.63. The van der Waals surface area contributed by atoms with Crippen molar-refractivity contribution in [2.75, 3.05) is 6.61 Å². The van der Waals surface area contributed by atoms with Gasteiger partial charge in [0.05, 0.1) is 0 Å². The summed E-state index contributed by atoms with van der Waals surface area (Å²) in [5.74, 6) is 1.22. The van der Waals surface area contributed by atoms with E-state index in [1.165, 1.54) is 41.6 Å². The highest BCUT2D eigenvalue weighted by molar-refractivity contribution is 6.80. The molecule has 0 aromatic heterocycles. The van der Waals surface area contributed by atoms with Crippen molar-refractivity contribution in [2.45, 2.75) is 58.3 Å². The third-order valence-electron chi connectivity index (χ3n) is 5.91. The lowest BCUT2D eigenvalue weighted by Crippen LogP contribution is -2.46. The van der Waals surface area contributed by atoms with E-state index in [1.807, 2.05) is 0 Å². The fourth-order valence-electron chi connectivity index (χ4n) is 4.02. The van der Waals surface area contributed by atoms with E-state index in [1.54, 1.807) is 0 Å². The van der Waals surface area contributed by atoms with Gasteiger partial charge in [0.25, 0.3) is 9.04 Å². The summed E-state index contributed by atoms with van der Waals surface area (Å²) in [6.45, 7) is 7.59. The lowest BCUT2D eigenvalue weighted by Gasteiger charge is -2.29. The van der Waals surface area contributed by atoms with Gasteiger partial charge in [-0.1, -0.05) is 75.4 Å². The summed E-state index contributed by atoms with van der Waals surface area (Å²) in [4.78, 5) is 10.7. The molecule has 1 aliphatic rings. The zero-order valence-corrected chi connectivity index (χ0v) is 18.5. The van der Waals surface area contributed by atoms with Gasteiger partial charge in [-0.2, -0.15) is 0 Å². The molecule has 149 valence electrons. The van der Waals surface area contributed by atoms with Crippen LogP contribution in [0.2, 0.25) is 0 Å². The molecule has 1 saturated carbocycles. The minimum Gasteiger partial charge on any atom is -0.407 e. The van der Waals surface area contributed by atoms with Crippen LogP contribution in [0, 0.1) is 11.8 Å². The van der Waals surface area contributed by atoms with Crippen LogP contribution in [0.25, 0.3) is 0 Å². The molecule has 3 rings (SSSR count). The second-order valence-electron chi connectivity index (χ2n) is 9.12. The van der Waals surface area contributed by atoms with Gasteiger partial charge in [-0.15, -0.1) is 0 Å². The zero-order valence-electron chi connectivity index (χ0n) is 17.5. The van der Waals surface area contributed by atoms with Crippen LogP contribution in [0.4, 0.5) is 0 Å². The zero-order chi connectivity index (χ0) is 20.0. The Bertz CT molecular complexity index is 725. The normalized spacial score (nSPS) is 20.3. The third-order valence-corrected chi connectivity index (χ3v) is 8.08. The van der Waals surface area contributed by atoms with Crippen molar-refractivity contribution in [3.63, 3.8) is 0 Å². The first-order valence-corrected chi connectivity index (χ1v) is 12.0. The second-order valence-corrected chi connectivity index (χ2v) is 11.2. The summed E-state index contributed by atoms with van der Waals surface area (Å²) < 4.78 is 6.61. The first-order chi connectivity index (χ1) is 13.5. The smallest absolute Gasteiger partial charge is 0.282 e. The van der Waals surface area contributed by atoms with Crippen molar-refractivity contribution in [2.24, 2.45) is 11.8 Å². The number of hydrogen-bond acceptors (Lipinski definition) is 2. The topological polar surface area (TPSA) is 26.3 Å². The Morgan fingerprint density at radius 2 is 1.46 bits per heavy atom. The van der Waals surface area contributed by atoms with E-state index < -0.39 is 9.04 Å². The number of aldehydes is 1. The molecule has 2 aromatic carbocycles. The van der Waals surface area contributed by atoms with Crippen molar-refractivity contribution in [3.8, 4) is 0 Å². The van der Waals surface area contributed by atoms with Crippen LogP contribution in [0.3, 0.4) is 0 Å². The lowest BCUT2D eigenvalue weighted by molar-refractivity contribution is -0.108. The van der Waals surface area contributed by atoms with Gasteiger partial charge in [0.1, 0.15) is 6.29 Å². The fourth-order valence-corrected chi connectivity index (χ4v) is 6.05. The Morgan fingerprint density at radius 1 is 0.893 bits per heavy atom. The molecule has 1 aliphatic carbocycles. The maximum absolute atomic E-state index is 10.7. The molecule has 0 aliphatic heterocycles. The maximum Gasteiger partial charge on any atom is 0.282 e. The SMILES string of the molecule is CC(C)(C)c1ccc([Si](OCC2CCC(CC=O)CC2)c2ccccc2)cc1. The standard InChI is InChI=1S/C25H33O2Si/c1-25(2,3)22-13-15-24(16-14-22)28(23-7-5-4-6-8-23)27-19-21-11-9-20(10-12-21)17-18-26/h4-8,13-16,18,20-21H,9-12,17,19H2,1-3H3. The molecule has 0 unspecified atom stereocenters. The Kier molecular flexibility index (Phi) is 7.25. The molecule has 2 nitrogen and oxygen atoms in total. The van der Waals surface area contributed by atoms with Gasteiger partial charge in [-0.3, -0.25) is 0 Å². The highest BCUT2D eigenvalue weighted by Gasteiger charge is 2.25. The summed E-state index contributed by atoms with van der Waals surface area (Å²) in [6.07, 6.45) is 6.52. The van der Waals surface area contributed by atoms with Gasteiger partial charge in [-0.05, 0) is 58.9 Å². The predicted octanol–water partition coefficient (Wildman–Crippen LogP) is 4.50.